The van der Waals surface area contributed by atoms with E-state index in [4.69, 9.17) is 11.6 Å². The van der Waals surface area contributed by atoms with Crippen LogP contribution in [0.3, 0.4) is 0 Å². The molecule has 0 spiro atoms. The van der Waals surface area contributed by atoms with E-state index < -0.39 is 0 Å². The Bertz CT molecular complexity index is 451. The lowest BCUT2D eigenvalue weighted by Crippen LogP contribution is -2.01. The molecule has 78 valence electrons. The first-order chi connectivity index (χ1) is 7.27. The quantitative estimate of drug-likeness (QED) is 0.837. The van der Waals surface area contributed by atoms with Crippen LogP contribution < -0.4 is 5.32 Å². The van der Waals surface area contributed by atoms with E-state index in [-0.39, 0.29) is 0 Å². The van der Waals surface area contributed by atoms with Gasteiger partial charge in [-0.05, 0) is 19.1 Å². The number of nitrogens with zero attached hydrogens (tertiary/aromatic N) is 1. The summed E-state index contributed by atoms with van der Waals surface area (Å²) in [6, 6.07) is 7.67. The molecule has 0 fully saturated rings. The predicted octanol–water partition coefficient (Wildman–Crippen LogP) is 2.98. The number of aromatic amines is 1. The van der Waals surface area contributed by atoms with Gasteiger partial charge in [0.1, 0.15) is 0 Å². The molecule has 0 radical (unpaired) electrons. The molecule has 3 nitrogen and oxygen atoms in total. The molecule has 15 heavy (non-hydrogen) atoms. The number of aromatic nitrogens is 2. The number of imidazole rings is 1. The third-order valence-corrected chi connectivity index (χ3v) is 2.58. The Morgan fingerprint density at radius 1 is 1.40 bits per heavy atom. The first-order valence-corrected chi connectivity index (χ1v) is 5.12. The molecule has 0 atom stereocenters. The molecule has 4 heteroatoms. The lowest BCUT2D eigenvalue weighted by molar-refractivity contribution is 1.05. The van der Waals surface area contributed by atoms with Crippen LogP contribution in [-0.2, 0) is 6.54 Å². The zero-order valence-electron chi connectivity index (χ0n) is 8.42. The number of para-hydroxylation sites is 1. The van der Waals surface area contributed by atoms with Gasteiger partial charge in [-0.2, -0.15) is 0 Å². The summed E-state index contributed by atoms with van der Waals surface area (Å²) in [5.74, 6) is 0. The summed E-state index contributed by atoms with van der Waals surface area (Å²) >= 11 is 6.01. The zero-order valence-corrected chi connectivity index (χ0v) is 9.17. The number of anilines is 1. The molecule has 0 unspecified atom stereocenters. The molecule has 2 rings (SSSR count). The first-order valence-electron chi connectivity index (χ1n) is 4.74. The van der Waals surface area contributed by atoms with Crippen LogP contribution in [0.2, 0.25) is 5.02 Å². The molecule has 1 aromatic heterocycles. The number of H-pyrrole nitrogens is 1. The van der Waals surface area contributed by atoms with Gasteiger partial charge in [0.15, 0.2) is 0 Å². The van der Waals surface area contributed by atoms with E-state index >= 15 is 0 Å². The highest BCUT2D eigenvalue weighted by molar-refractivity contribution is 6.33. The maximum absolute atomic E-state index is 6.01. The SMILES string of the molecule is Cc1[nH]cnc1CNc1ccccc1Cl. The van der Waals surface area contributed by atoms with Crippen molar-refractivity contribution in [2.45, 2.75) is 13.5 Å². The Morgan fingerprint density at radius 3 is 2.87 bits per heavy atom. The van der Waals surface area contributed by atoms with Crippen LogP contribution in [0.4, 0.5) is 5.69 Å². The molecule has 2 aromatic rings. The van der Waals surface area contributed by atoms with Crippen molar-refractivity contribution >= 4 is 17.3 Å². The van der Waals surface area contributed by atoms with Crippen molar-refractivity contribution in [3.05, 3.63) is 47.0 Å². The van der Waals surface area contributed by atoms with Crippen LogP contribution in [0.1, 0.15) is 11.4 Å². The van der Waals surface area contributed by atoms with Gasteiger partial charge in [0.25, 0.3) is 0 Å². The maximum Gasteiger partial charge on any atom is 0.0925 e. The Morgan fingerprint density at radius 2 is 2.20 bits per heavy atom. The number of rotatable bonds is 3. The number of aryl methyl sites for hydroxylation is 1. The van der Waals surface area contributed by atoms with Crippen LogP contribution in [0.25, 0.3) is 0 Å². The van der Waals surface area contributed by atoms with E-state index in [0.717, 1.165) is 22.1 Å². The minimum Gasteiger partial charge on any atom is -0.378 e. The molecule has 1 heterocycles. The molecule has 0 bridgehead atoms. The van der Waals surface area contributed by atoms with Crippen LogP contribution in [0.15, 0.2) is 30.6 Å². The maximum atomic E-state index is 6.01. The second-order valence-corrected chi connectivity index (χ2v) is 3.71. The second-order valence-electron chi connectivity index (χ2n) is 3.31. The minimum atomic E-state index is 0.680. The van der Waals surface area contributed by atoms with Crippen molar-refractivity contribution in [1.82, 2.24) is 9.97 Å². The highest BCUT2D eigenvalue weighted by Gasteiger charge is 2.02. The van der Waals surface area contributed by atoms with Crippen LogP contribution in [-0.4, -0.2) is 9.97 Å². The van der Waals surface area contributed by atoms with Gasteiger partial charge in [-0.3, -0.25) is 0 Å². The van der Waals surface area contributed by atoms with Crippen molar-refractivity contribution in [3.63, 3.8) is 0 Å². The summed E-state index contributed by atoms with van der Waals surface area (Å²) in [6.45, 7) is 2.68. The molecule has 0 aliphatic heterocycles. The van der Waals surface area contributed by atoms with E-state index in [1.807, 2.05) is 31.2 Å². The fraction of sp³-hybridized carbons (Fsp3) is 0.182. The number of nitrogens with one attached hydrogen (secondary N) is 2. The Kier molecular flexibility index (Phi) is 2.92. The Balaban J connectivity index is 2.06. The lowest BCUT2D eigenvalue weighted by Gasteiger charge is -2.06. The predicted molar refractivity (Wildman–Crippen MR) is 62.1 cm³/mol. The fourth-order valence-corrected chi connectivity index (χ4v) is 1.55. The molecule has 0 aliphatic carbocycles. The third-order valence-electron chi connectivity index (χ3n) is 2.25. The number of hydrogen-bond donors (Lipinski definition) is 2. The van der Waals surface area contributed by atoms with Gasteiger partial charge < -0.3 is 10.3 Å². The van der Waals surface area contributed by atoms with E-state index in [1.54, 1.807) is 6.33 Å². The largest absolute Gasteiger partial charge is 0.378 e. The molecule has 0 saturated carbocycles. The average Bonchev–Trinajstić information content (AvgIpc) is 2.63. The van der Waals surface area contributed by atoms with E-state index in [2.05, 4.69) is 15.3 Å². The van der Waals surface area contributed by atoms with Gasteiger partial charge >= 0.3 is 0 Å². The van der Waals surface area contributed by atoms with E-state index in [1.165, 1.54) is 0 Å². The molecule has 2 N–H and O–H groups in total. The lowest BCUT2D eigenvalue weighted by atomic mass is 10.3. The standard InChI is InChI=1S/C11H12ClN3/c1-8-11(15-7-14-8)6-13-10-5-3-2-4-9(10)12/h2-5,7,13H,6H2,1H3,(H,14,15). The summed E-state index contributed by atoms with van der Waals surface area (Å²) in [5, 5.41) is 3.97. The molecule has 0 amide bonds. The number of hydrogen-bond acceptors (Lipinski definition) is 2. The second kappa shape index (κ2) is 4.36. The van der Waals surface area contributed by atoms with Gasteiger partial charge in [-0.25, -0.2) is 4.98 Å². The van der Waals surface area contributed by atoms with Gasteiger partial charge in [-0.15, -0.1) is 0 Å². The summed E-state index contributed by atoms with van der Waals surface area (Å²) in [4.78, 5) is 7.23. The zero-order chi connectivity index (χ0) is 10.7. The summed E-state index contributed by atoms with van der Waals surface area (Å²) in [5.41, 5.74) is 3.02. The van der Waals surface area contributed by atoms with Gasteiger partial charge in [0.2, 0.25) is 0 Å². The smallest absolute Gasteiger partial charge is 0.0925 e. The summed E-state index contributed by atoms with van der Waals surface area (Å²) in [6.07, 6.45) is 1.69. The molecular weight excluding hydrogens is 210 g/mol. The topological polar surface area (TPSA) is 40.7 Å². The first kappa shape index (κ1) is 10.1. The molecular formula is C11H12ClN3. The van der Waals surface area contributed by atoms with Crippen LogP contribution in [0, 0.1) is 6.92 Å². The Hall–Kier alpha value is -1.48. The monoisotopic (exact) mass is 221 g/mol. The van der Waals surface area contributed by atoms with Crippen LogP contribution >= 0.6 is 11.6 Å². The van der Waals surface area contributed by atoms with Gasteiger partial charge in [0, 0.05) is 5.69 Å². The van der Waals surface area contributed by atoms with Crippen molar-refractivity contribution in [3.8, 4) is 0 Å². The number of halogens is 1. The Labute approximate surface area is 93.5 Å². The summed E-state index contributed by atoms with van der Waals surface area (Å²) < 4.78 is 0. The highest BCUT2D eigenvalue weighted by atomic mass is 35.5. The minimum absolute atomic E-state index is 0.680. The fourth-order valence-electron chi connectivity index (χ4n) is 1.35. The van der Waals surface area contributed by atoms with Crippen molar-refractivity contribution in [1.29, 1.82) is 0 Å². The van der Waals surface area contributed by atoms with Crippen molar-refractivity contribution < 1.29 is 0 Å². The van der Waals surface area contributed by atoms with Crippen LogP contribution in [0.5, 0.6) is 0 Å². The average molecular weight is 222 g/mol. The molecule has 1 aromatic carbocycles. The molecule has 0 aliphatic rings. The normalized spacial score (nSPS) is 10.3. The van der Waals surface area contributed by atoms with E-state index in [0.29, 0.717) is 6.54 Å². The van der Waals surface area contributed by atoms with Gasteiger partial charge in [0.05, 0.1) is 29.3 Å². The van der Waals surface area contributed by atoms with Crippen molar-refractivity contribution in [2.75, 3.05) is 5.32 Å². The van der Waals surface area contributed by atoms with Crippen molar-refractivity contribution in [2.24, 2.45) is 0 Å². The molecule has 0 saturated heterocycles. The summed E-state index contributed by atoms with van der Waals surface area (Å²) in [7, 11) is 0. The van der Waals surface area contributed by atoms with Gasteiger partial charge in [-0.1, -0.05) is 23.7 Å². The van der Waals surface area contributed by atoms with E-state index in [9.17, 15) is 0 Å². The third kappa shape index (κ3) is 2.30. The highest BCUT2D eigenvalue weighted by Crippen LogP contribution is 2.21. The number of benzene rings is 1.